The Balaban J connectivity index is 0.00000169. The third kappa shape index (κ3) is 3.17. The van der Waals surface area contributed by atoms with Crippen molar-refractivity contribution in [2.75, 3.05) is 13.2 Å². The van der Waals surface area contributed by atoms with Crippen LogP contribution in [0.5, 0.6) is 0 Å². The molecule has 4 rings (SSSR count). The number of carboxylic acids is 1. The molecule has 2 aromatic rings. The van der Waals surface area contributed by atoms with Crippen molar-refractivity contribution in [3.63, 3.8) is 0 Å². The van der Waals surface area contributed by atoms with Crippen molar-refractivity contribution in [1.82, 2.24) is 4.90 Å². The minimum atomic E-state index is -0.737. The first-order valence-electron chi connectivity index (χ1n) is 7.95. The van der Waals surface area contributed by atoms with Gasteiger partial charge in [-0.25, -0.2) is 0 Å². The number of nitrogens with zero attached hydrogens (tertiary/aromatic N) is 1. The van der Waals surface area contributed by atoms with Gasteiger partial charge in [0.1, 0.15) is 6.04 Å². The van der Waals surface area contributed by atoms with Crippen molar-refractivity contribution in [2.24, 2.45) is 5.92 Å². The summed E-state index contributed by atoms with van der Waals surface area (Å²) in [6.07, 6.45) is 0. The van der Waals surface area contributed by atoms with Gasteiger partial charge < -0.3 is 9.84 Å². The van der Waals surface area contributed by atoms with Crippen LogP contribution < -0.4 is 0 Å². The van der Waals surface area contributed by atoms with E-state index in [4.69, 9.17) is 4.74 Å². The standard InChI is InChI=1S/C19H19NO3.Na.H/c21-19(22)18-17(15-11-23-12-15)20(18)16(13-7-3-1-4-8-13)14-9-5-2-6-10-14;;/h1-10,15-18H,11-12H2,(H,21,22);;/t17-,18+,20?;;/m1../s1. The molecule has 0 aromatic heterocycles. The molecule has 0 aliphatic carbocycles. The topological polar surface area (TPSA) is 49.5 Å². The van der Waals surface area contributed by atoms with Gasteiger partial charge in [-0.2, -0.15) is 0 Å². The number of aliphatic carboxylic acids is 1. The SMILES string of the molecule is O=C(O)[C@@H]1[C@@H](C2COC2)N1C(c1ccccc1)c1ccccc1.[NaH]. The molecule has 2 aromatic carbocycles. The van der Waals surface area contributed by atoms with Gasteiger partial charge in [-0.05, 0) is 11.1 Å². The zero-order valence-electron chi connectivity index (χ0n) is 12.7. The van der Waals surface area contributed by atoms with E-state index in [0.717, 1.165) is 11.1 Å². The molecule has 4 nitrogen and oxygen atoms in total. The van der Waals surface area contributed by atoms with Gasteiger partial charge in [0.05, 0.1) is 19.3 Å². The van der Waals surface area contributed by atoms with Gasteiger partial charge in [0.15, 0.2) is 0 Å². The second-order valence-corrected chi connectivity index (χ2v) is 6.24. The van der Waals surface area contributed by atoms with Crippen LogP contribution in [0.2, 0.25) is 0 Å². The summed E-state index contributed by atoms with van der Waals surface area (Å²) >= 11 is 0. The average molecular weight is 333 g/mol. The van der Waals surface area contributed by atoms with Crippen LogP contribution in [0.4, 0.5) is 0 Å². The molecule has 0 bridgehead atoms. The van der Waals surface area contributed by atoms with Gasteiger partial charge in [-0.3, -0.25) is 9.69 Å². The third-order valence-corrected chi connectivity index (χ3v) is 4.83. The Morgan fingerprint density at radius 2 is 1.50 bits per heavy atom. The summed E-state index contributed by atoms with van der Waals surface area (Å²) in [6.45, 7) is 1.34. The molecule has 1 unspecified atom stereocenters. The van der Waals surface area contributed by atoms with Crippen molar-refractivity contribution < 1.29 is 14.6 Å². The monoisotopic (exact) mass is 333 g/mol. The van der Waals surface area contributed by atoms with E-state index in [9.17, 15) is 9.90 Å². The molecule has 1 N–H and O–H groups in total. The number of carboxylic acid groups (broad SMARTS) is 1. The van der Waals surface area contributed by atoms with Gasteiger partial charge >= 0.3 is 35.5 Å². The molecule has 0 saturated carbocycles. The molecule has 5 heteroatoms. The predicted molar refractivity (Wildman–Crippen MR) is 93.2 cm³/mol. The number of ether oxygens (including phenoxy) is 1. The number of rotatable bonds is 5. The Morgan fingerprint density at radius 3 is 1.88 bits per heavy atom. The summed E-state index contributed by atoms with van der Waals surface area (Å²) in [4.78, 5) is 13.8. The quantitative estimate of drug-likeness (QED) is 0.671. The van der Waals surface area contributed by atoms with Gasteiger partial charge in [0, 0.05) is 12.0 Å². The van der Waals surface area contributed by atoms with Crippen molar-refractivity contribution in [3.05, 3.63) is 71.8 Å². The minimum absolute atomic E-state index is 0. The Hall–Kier alpha value is -1.17. The van der Waals surface area contributed by atoms with Gasteiger partial charge in [0.25, 0.3) is 0 Å². The summed E-state index contributed by atoms with van der Waals surface area (Å²) in [5.74, 6) is -0.412. The molecule has 2 aliphatic heterocycles. The van der Waals surface area contributed by atoms with E-state index in [-0.39, 0.29) is 41.6 Å². The summed E-state index contributed by atoms with van der Waals surface area (Å²) in [5.41, 5.74) is 2.26. The number of carbonyl (C=O) groups is 1. The second kappa shape index (κ2) is 7.38. The first kappa shape index (κ1) is 17.6. The number of hydrogen-bond donors (Lipinski definition) is 1. The van der Waals surface area contributed by atoms with Crippen molar-refractivity contribution in [2.45, 2.75) is 18.1 Å². The summed E-state index contributed by atoms with van der Waals surface area (Å²) < 4.78 is 5.28. The van der Waals surface area contributed by atoms with E-state index in [1.54, 1.807) is 0 Å². The van der Waals surface area contributed by atoms with Crippen molar-refractivity contribution in [3.8, 4) is 0 Å². The van der Waals surface area contributed by atoms with Crippen LogP contribution in [0.15, 0.2) is 60.7 Å². The molecule has 0 radical (unpaired) electrons. The van der Waals surface area contributed by atoms with Crippen LogP contribution in [0.1, 0.15) is 17.2 Å². The number of benzene rings is 2. The molecule has 0 amide bonds. The summed E-state index contributed by atoms with van der Waals surface area (Å²) in [6, 6.07) is 19.9. The van der Waals surface area contributed by atoms with Crippen molar-refractivity contribution in [1.29, 1.82) is 0 Å². The van der Waals surface area contributed by atoms with Gasteiger partial charge in [0.2, 0.25) is 0 Å². The van der Waals surface area contributed by atoms with E-state index in [0.29, 0.717) is 19.1 Å². The zero-order chi connectivity index (χ0) is 15.8. The Morgan fingerprint density at radius 1 is 1.00 bits per heavy atom. The molecule has 2 aliphatic rings. The van der Waals surface area contributed by atoms with Crippen LogP contribution in [0.25, 0.3) is 0 Å². The average Bonchev–Trinajstić information content (AvgIpc) is 3.23. The normalized spacial score (nSPS) is 25.6. The van der Waals surface area contributed by atoms with Gasteiger partial charge in [-0.1, -0.05) is 60.7 Å². The molecule has 2 fully saturated rings. The van der Waals surface area contributed by atoms with Crippen molar-refractivity contribution >= 4 is 35.5 Å². The fourth-order valence-corrected chi connectivity index (χ4v) is 3.63. The van der Waals surface area contributed by atoms with E-state index in [1.807, 2.05) is 36.4 Å². The number of hydrogen-bond acceptors (Lipinski definition) is 3. The van der Waals surface area contributed by atoms with Crippen LogP contribution in [-0.4, -0.2) is 70.8 Å². The fraction of sp³-hybridized carbons (Fsp3) is 0.316. The van der Waals surface area contributed by atoms with E-state index in [2.05, 4.69) is 29.2 Å². The van der Waals surface area contributed by atoms with Crippen LogP contribution in [0, 0.1) is 5.92 Å². The van der Waals surface area contributed by atoms with E-state index in [1.165, 1.54) is 0 Å². The summed E-state index contributed by atoms with van der Waals surface area (Å²) in [5, 5.41) is 9.62. The molecule has 2 saturated heterocycles. The maximum atomic E-state index is 11.7. The molecular formula is C19H20NNaO3. The maximum absolute atomic E-state index is 11.7. The Labute approximate surface area is 163 Å². The van der Waals surface area contributed by atoms with E-state index >= 15 is 0 Å². The zero-order valence-corrected chi connectivity index (χ0v) is 12.7. The van der Waals surface area contributed by atoms with Gasteiger partial charge in [-0.15, -0.1) is 0 Å². The predicted octanol–water partition coefficient (Wildman–Crippen LogP) is 1.91. The second-order valence-electron chi connectivity index (χ2n) is 6.24. The fourth-order valence-electron chi connectivity index (χ4n) is 3.63. The van der Waals surface area contributed by atoms with Crippen LogP contribution in [0.3, 0.4) is 0 Å². The van der Waals surface area contributed by atoms with Crippen LogP contribution >= 0.6 is 0 Å². The van der Waals surface area contributed by atoms with Crippen LogP contribution in [-0.2, 0) is 9.53 Å². The Bertz CT molecular complexity index is 651. The molecule has 120 valence electrons. The molecule has 24 heavy (non-hydrogen) atoms. The molecular weight excluding hydrogens is 313 g/mol. The Kier molecular flexibility index (Phi) is 5.42. The summed E-state index contributed by atoms with van der Waals surface area (Å²) in [7, 11) is 0. The third-order valence-electron chi connectivity index (χ3n) is 4.83. The van der Waals surface area contributed by atoms with E-state index < -0.39 is 12.0 Å². The first-order chi connectivity index (χ1) is 11.3. The molecule has 2 heterocycles. The first-order valence-corrected chi connectivity index (χ1v) is 7.95. The molecule has 0 spiro atoms. The molecule has 3 atom stereocenters.